The van der Waals surface area contributed by atoms with Crippen LogP contribution in [-0.2, 0) is 10.0 Å². The summed E-state index contributed by atoms with van der Waals surface area (Å²) in [6.45, 7) is 0. The zero-order valence-corrected chi connectivity index (χ0v) is 17.2. The van der Waals surface area contributed by atoms with E-state index in [2.05, 4.69) is 4.98 Å². The van der Waals surface area contributed by atoms with E-state index in [1.54, 1.807) is 24.3 Å². The number of aromatic nitrogens is 2. The Morgan fingerprint density at radius 2 is 1.83 bits per heavy atom. The number of nitrogens with one attached hydrogen (secondary N) is 1. The second kappa shape index (κ2) is 7.55. The molecule has 0 radical (unpaired) electrons. The van der Waals surface area contributed by atoms with Crippen LogP contribution in [-0.4, -0.2) is 30.1 Å². The third-order valence-corrected chi connectivity index (χ3v) is 5.25. The molecule has 0 aliphatic carbocycles. The first-order valence-electron chi connectivity index (χ1n) is 8.76. The Morgan fingerprint density at radius 1 is 1.10 bits per heavy atom. The van der Waals surface area contributed by atoms with Crippen molar-refractivity contribution >= 4 is 38.4 Å². The van der Waals surface area contributed by atoms with Crippen LogP contribution in [0.2, 0.25) is 5.02 Å². The van der Waals surface area contributed by atoms with Crippen LogP contribution >= 0.6 is 11.6 Å². The summed E-state index contributed by atoms with van der Waals surface area (Å²) in [6.07, 6.45) is 4.06. The van der Waals surface area contributed by atoms with E-state index in [0.717, 1.165) is 28.3 Å². The van der Waals surface area contributed by atoms with E-state index in [1.807, 2.05) is 27.6 Å². The number of hydrogen-bond donors (Lipinski definition) is 1. The SMILES string of the molecule is CS(=O)(=O)NC(=O)c1ccc(-n2cc(-c3ccc(F)cc3)c3cc(Cl)ccc32)nc1. The monoisotopic (exact) mass is 443 g/mol. The average Bonchev–Trinajstić information content (AvgIpc) is 3.06. The summed E-state index contributed by atoms with van der Waals surface area (Å²) < 4.78 is 39.6. The summed E-state index contributed by atoms with van der Waals surface area (Å²) >= 11 is 6.19. The zero-order chi connectivity index (χ0) is 21.5. The van der Waals surface area contributed by atoms with Gasteiger partial charge in [0.05, 0.1) is 17.3 Å². The number of carbonyl (C=O) groups is 1. The molecule has 6 nitrogen and oxygen atoms in total. The average molecular weight is 444 g/mol. The van der Waals surface area contributed by atoms with Crippen LogP contribution in [0.1, 0.15) is 10.4 Å². The van der Waals surface area contributed by atoms with Crippen LogP contribution in [0.5, 0.6) is 0 Å². The molecule has 0 saturated heterocycles. The van der Waals surface area contributed by atoms with Gasteiger partial charge in [-0.1, -0.05) is 23.7 Å². The van der Waals surface area contributed by atoms with Crippen molar-refractivity contribution in [2.24, 2.45) is 0 Å². The Balaban J connectivity index is 1.79. The summed E-state index contributed by atoms with van der Waals surface area (Å²) in [4.78, 5) is 16.3. The van der Waals surface area contributed by atoms with Gasteiger partial charge in [0.25, 0.3) is 5.91 Å². The molecule has 2 aromatic heterocycles. The highest BCUT2D eigenvalue weighted by Gasteiger charge is 2.15. The Bertz CT molecular complexity index is 1370. The molecule has 0 spiro atoms. The van der Waals surface area contributed by atoms with Crippen molar-refractivity contribution in [3.8, 4) is 16.9 Å². The molecule has 4 rings (SSSR count). The van der Waals surface area contributed by atoms with E-state index in [-0.39, 0.29) is 11.4 Å². The molecule has 9 heteroatoms. The summed E-state index contributed by atoms with van der Waals surface area (Å²) in [5.41, 5.74) is 2.58. The van der Waals surface area contributed by atoms with Gasteiger partial charge in [0, 0.05) is 28.4 Å². The number of rotatable bonds is 4. The van der Waals surface area contributed by atoms with Gasteiger partial charge < -0.3 is 4.57 Å². The molecule has 0 unspecified atom stereocenters. The molecular formula is C21H15ClFN3O3S. The summed E-state index contributed by atoms with van der Waals surface area (Å²) in [7, 11) is -3.67. The first-order valence-corrected chi connectivity index (χ1v) is 11.0. The minimum atomic E-state index is -3.67. The molecule has 0 saturated carbocycles. The molecule has 152 valence electrons. The van der Waals surface area contributed by atoms with Gasteiger partial charge in [0.15, 0.2) is 0 Å². The maximum absolute atomic E-state index is 13.3. The van der Waals surface area contributed by atoms with E-state index in [1.165, 1.54) is 24.4 Å². The summed E-state index contributed by atoms with van der Waals surface area (Å²) in [5, 5.41) is 1.42. The lowest BCUT2D eigenvalue weighted by molar-refractivity contribution is 0.0981. The summed E-state index contributed by atoms with van der Waals surface area (Å²) in [6, 6.07) is 14.6. The number of hydrogen-bond acceptors (Lipinski definition) is 4. The molecule has 0 aliphatic rings. The van der Waals surface area contributed by atoms with Gasteiger partial charge in [0.1, 0.15) is 11.6 Å². The number of fused-ring (bicyclic) bond motifs is 1. The molecule has 0 bridgehead atoms. The number of nitrogens with zero attached hydrogens (tertiary/aromatic N) is 2. The lowest BCUT2D eigenvalue weighted by Crippen LogP contribution is -2.29. The number of benzene rings is 2. The molecular weight excluding hydrogens is 429 g/mol. The van der Waals surface area contributed by atoms with Gasteiger partial charge >= 0.3 is 0 Å². The third-order valence-electron chi connectivity index (χ3n) is 4.46. The number of amides is 1. The normalized spacial score (nSPS) is 11.6. The van der Waals surface area contributed by atoms with Gasteiger partial charge in [-0.05, 0) is 48.0 Å². The van der Waals surface area contributed by atoms with Crippen molar-refractivity contribution in [1.82, 2.24) is 14.3 Å². The van der Waals surface area contributed by atoms with Gasteiger partial charge in [0.2, 0.25) is 10.0 Å². The molecule has 2 heterocycles. The first-order chi connectivity index (χ1) is 14.2. The van der Waals surface area contributed by atoms with Gasteiger partial charge in [-0.25, -0.2) is 22.5 Å². The van der Waals surface area contributed by atoms with Crippen molar-refractivity contribution in [1.29, 1.82) is 0 Å². The fraction of sp³-hybridized carbons (Fsp3) is 0.0476. The van der Waals surface area contributed by atoms with E-state index in [9.17, 15) is 17.6 Å². The maximum atomic E-state index is 13.3. The molecule has 4 aromatic rings. The van der Waals surface area contributed by atoms with Crippen molar-refractivity contribution in [2.45, 2.75) is 0 Å². The van der Waals surface area contributed by atoms with Crippen LogP contribution in [0.15, 0.2) is 67.0 Å². The Labute approximate surface area is 177 Å². The number of halogens is 2. The molecule has 1 amide bonds. The minimum absolute atomic E-state index is 0.113. The topological polar surface area (TPSA) is 81.1 Å². The van der Waals surface area contributed by atoms with Crippen molar-refractivity contribution < 1.29 is 17.6 Å². The second-order valence-electron chi connectivity index (χ2n) is 6.69. The van der Waals surface area contributed by atoms with Crippen LogP contribution in [0.3, 0.4) is 0 Å². The van der Waals surface area contributed by atoms with Crippen LogP contribution < -0.4 is 4.72 Å². The molecule has 1 N–H and O–H groups in total. The predicted molar refractivity (Wildman–Crippen MR) is 114 cm³/mol. The molecule has 0 aliphatic heterocycles. The maximum Gasteiger partial charge on any atom is 0.266 e. The van der Waals surface area contributed by atoms with E-state index in [4.69, 9.17) is 11.6 Å². The van der Waals surface area contributed by atoms with Crippen molar-refractivity contribution in [2.75, 3.05) is 6.26 Å². The van der Waals surface area contributed by atoms with Gasteiger partial charge in [-0.15, -0.1) is 0 Å². The Hall–Kier alpha value is -3.23. The highest BCUT2D eigenvalue weighted by molar-refractivity contribution is 7.89. The van der Waals surface area contributed by atoms with Crippen LogP contribution in [0, 0.1) is 5.82 Å². The first kappa shape index (κ1) is 20.1. The number of pyridine rings is 1. The van der Waals surface area contributed by atoms with E-state index < -0.39 is 15.9 Å². The van der Waals surface area contributed by atoms with E-state index in [0.29, 0.717) is 10.8 Å². The van der Waals surface area contributed by atoms with Crippen molar-refractivity contribution in [3.05, 3.63) is 83.4 Å². The summed E-state index contributed by atoms with van der Waals surface area (Å²) in [5.74, 6) is -0.565. The fourth-order valence-electron chi connectivity index (χ4n) is 3.14. The quantitative estimate of drug-likeness (QED) is 0.513. The highest BCUT2D eigenvalue weighted by atomic mass is 35.5. The van der Waals surface area contributed by atoms with Gasteiger partial charge in [-0.3, -0.25) is 4.79 Å². The highest BCUT2D eigenvalue weighted by Crippen LogP contribution is 2.34. The fourth-order valence-corrected chi connectivity index (χ4v) is 3.77. The largest absolute Gasteiger partial charge is 0.301 e. The second-order valence-corrected chi connectivity index (χ2v) is 8.87. The lowest BCUT2D eigenvalue weighted by Gasteiger charge is -2.06. The molecule has 30 heavy (non-hydrogen) atoms. The molecule has 0 atom stereocenters. The zero-order valence-electron chi connectivity index (χ0n) is 15.6. The van der Waals surface area contributed by atoms with Crippen molar-refractivity contribution in [3.63, 3.8) is 0 Å². The number of carbonyl (C=O) groups excluding carboxylic acids is 1. The Morgan fingerprint density at radius 3 is 2.47 bits per heavy atom. The van der Waals surface area contributed by atoms with Crippen LogP contribution in [0.4, 0.5) is 4.39 Å². The minimum Gasteiger partial charge on any atom is -0.301 e. The molecule has 0 fully saturated rings. The molecule has 2 aromatic carbocycles. The lowest BCUT2D eigenvalue weighted by atomic mass is 10.1. The third kappa shape index (κ3) is 4.05. The Kier molecular flexibility index (Phi) is 5.05. The van der Waals surface area contributed by atoms with Crippen LogP contribution in [0.25, 0.3) is 27.8 Å². The predicted octanol–water partition coefficient (Wildman–Crippen LogP) is 4.17. The smallest absolute Gasteiger partial charge is 0.266 e. The van der Waals surface area contributed by atoms with E-state index >= 15 is 0 Å². The number of sulfonamides is 1. The van der Waals surface area contributed by atoms with Gasteiger partial charge in [-0.2, -0.15) is 0 Å². The standard InChI is InChI=1S/C21H15ClFN3O3S/c1-30(28,29)25-21(27)14-4-9-20(24-11-14)26-12-18(13-2-6-16(23)7-3-13)17-10-15(22)5-8-19(17)26/h2-12H,1H3,(H,25,27).